The molecule has 5 nitrogen and oxygen atoms in total. The van der Waals surface area contributed by atoms with Gasteiger partial charge in [0.15, 0.2) is 0 Å². The van der Waals surface area contributed by atoms with Gasteiger partial charge in [0.2, 0.25) is 0 Å². The van der Waals surface area contributed by atoms with Gasteiger partial charge in [-0.25, -0.2) is 4.79 Å². The minimum atomic E-state index is -0.199. The fourth-order valence-electron chi connectivity index (χ4n) is 5.33. The maximum absolute atomic E-state index is 11.8. The normalized spacial score (nSPS) is 20.2. The van der Waals surface area contributed by atoms with Crippen LogP contribution in [0.2, 0.25) is 0 Å². The maximum Gasteiger partial charge on any atom is 0.409 e. The molecule has 2 aliphatic heterocycles. The predicted molar refractivity (Wildman–Crippen MR) is 120 cm³/mol. The number of hydrogen-bond donors (Lipinski definition) is 0. The summed E-state index contributed by atoms with van der Waals surface area (Å²) in [4.78, 5) is 27.9. The summed E-state index contributed by atoms with van der Waals surface area (Å²) in [7, 11) is 1.45. The molecular formula is C25H38N2O3. The number of hydrogen-bond acceptors (Lipinski definition) is 4. The van der Waals surface area contributed by atoms with Crippen molar-refractivity contribution < 1.29 is 14.3 Å². The van der Waals surface area contributed by atoms with Gasteiger partial charge in [0.05, 0.1) is 7.11 Å². The summed E-state index contributed by atoms with van der Waals surface area (Å²) in [5, 5.41) is 0. The second kappa shape index (κ2) is 9.95. The third-order valence-electron chi connectivity index (χ3n) is 7.30. The molecule has 2 aliphatic rings. The van der Waals surface area contributed by atoms with Crippen molar-refractivity contribution in [2.75, 3.05) is 39.8 Å². The van der Waals surface area contributed by atoms with Gasteiger partial charge in [-0.3, -0.25) is 0 Å². The van der Waals surface area contributed by atoms with E-state index < -0.39 is 0 Å². The Labute approximate surface area is 181 Å². The van der Waals surface area contributed by atoms with Gasteiger partial charge in [0.25, 0.3) is 0 Å². The highest BCUT2D eigenvalue weighted by molar-refractivity contribution is 5.75. The summed E-state index contributed by atoms with van der Waals surface area (Å²) in [6.07, 6.45) is 5.76. The minimum Gasteiger partial charge on any atom is -0.453 e. The quantitative estimate of drug-likeness (QED) is 0.688. The van der Waals surface area contributed by atoms with E-state index in [-0.39, 0.29) is 11.5 Å². The third-order valence-corrected chi connectivity index (χ3v) is 7.30. The number of carbonyl (C=O) groups excluding carboxylic acids is 2. The monoisotopic (exact) mass is 414 g/mol. The van der Waals surface area contributed by atoms with Gasteiger partial charge < -0.3 is 19.3 Å². The number of piperidine rings is 2. The fourth-order valence-corrected chi connectivity index (χ4v) is 5.33. The molecule has 0 aromatic heterocycles. The first-order chi connectivity index (χ1) is 14.3. The number of Topliss-reactive ketones (excluding diaryl/α,β-unsaturated/α-hetero) is 1. The van der Waals surface area contributed by atoms with Crippen molar-refractivity contribution in [3.05, 3.63) is 34.9 Å². The van der Waals surface area contributed by atoms with Crippen LogP contribution in [0.3, 0.4) is 0 Å². The largest absolute Gasteiger partial charge is 0.453 e. The van der Waals surface area contributed by atoms with Gasteiger partial charge in [0.1, 0.15) is 5.78 Å². The number of rotatable bonds is 6. The van der Waals surface area contributed by atoms with Crippen molar-refractivity contribution in [1.29, 1.82) is 0 Å². The maximum atomic E-state index is 11.8. The number of benzene rings is 1. The molecule has 2 fully saturated rings. The highest BCUT2D eigenvalue weighted by atomic mass is 16.5. The number of nitrogens with zero attached hydrogens (tertiary/aromatic N) is 2. The summed E-state index contributed by atoms with van der Waals surface area (Å²) in [6, 6.07) is 6.78. The van der Waals surface area contributed by atoms with Gasteiger partial charge in [-0.2, -0.15) is 0 Å². The number of amides is 1. The van der Waals surface area contributed by atoms with Gasteiger partial charge in [-0.05, 0) is 88.4 Å². The van der Waals surface area contributed by atoms with Crippen molar-refractivity contribution in [1.82, 2.24) is 9.80 Å². The van der Waals surface area contributed by atoms with Crippen LogP contribution in [0.4, 0.5) is 4.79 Å². The van der Waals surface area contributed by atoms with Crippen LogP contribution >= 0.6 is 0 Å². The Bertz CT molecular complexity index is 745. The Balaban J connectivity index is 1.62. The van der Waals surface area contributed by atoms with Crippen molar-refractivity contribution in [2.24, 2.45) is 5.92 Å². The van der Waals surface area contributed by atoms with Crippen LogP contribution in [-0.4, -0.2) is 61.5 Å². The number of ketones is 1. The molecule has 1 aromatic carbocycles. The smallest absolute Gasteiger partial charge is 0.409 e. The van der Waals surface area contributed by atoms with Gasteiger partial charge >= 0.3 is 6.09 Å². The van der Waals surface area contributed by atoms with E-state index in [2.05, 4.69) is 36.9 Å². The van der Waals surface area contributed by atoms with Crippen LogP contribution < -0.4 is 0 Å². The lowest BCUT2D eigenvalue weighted by atomic mass is 9.68. The Morgan fingerprint density at radius 1 is 1.10 bits per heavy atom. The Kier molecular flexibility index (Phi) is 7.56. The molecule has 30 heavy (non-hydrogen) atoms. The van der Waals surface area contributed by atoms with Crippen LogP contribution in [0, 0.1) is 19.8 Å². The van der Waals surface area contributed by atoms with E-state index in [9.17, 15) is 9.59 Å². The predicted octanol–water partition coefficient (Wildman–Crippen LogP) is 4.48. The molecule has 0 aliphatic carbocycles. The molecule has 0 spiro atoms. The van der Waals surface area contributed by atoms with E-state index in [0.717, 1.165) is 64.8 Å². The van der Waals surface area contributed by atoms with E-state index in [1.54, 1.807) is 6.92 Å². The average Bonchev–Trinajstić information content (AvgIpc) is 2.75. The highest BCUT2D eigenvalue weighted by Gasteiger charge is 2.38. The summed E-state index contributed by atoms with van der Waals surface area (Å²) in [5.41, 5.74) is 4.23. The zero-order chi connectivity index (χ0) is 21.7. The molecule has 0 bridgehead atoms. The van der Waals surface area contributed by atoms with Crippen LogP contribution in [0.15, 0.2) is 18.2 Å². The van der Waals surface area contributed by atoms with Gasteiger partial charge in [-0.15, -0.1) is 0 Å². The van der Waals surface area contributed by atoms with Crippen molar-refractivity contribution in [3.8, 4) is 0 Å². The molecule has 5 heteroatoms. The molecular weight excluding hydrogens is 376 g/mol. The van der Waals surface area contributed by atoms with Crippen LogP contribution in [0.1, 0.15) is 62.1 Å². The van der Waals surface area contributed by atoms with E-state index in [4.69, 9.17) is 4.74 Å². The molecule has 0 N–H and O–H groups in total. The van der Waals surface area contributed by atoms with Crippen LogP contribution in [0.5, 0.6) is 0 Å². The molecule has 2 heterocycles. The number of carbonyl (C=O) groups is 2. The second-order valence-electron chi connectivity index (χ2n) is 9.50. The third kappa shape index (κ3) is 5.42. The molecule has 166 valence electrons. The Morgan fingerprint density at radius 2 is 1.77 bits per heavy atom. The summed E-state index contributed by atoms with van der Waals surface area (Å²) >= 11 is 0. The van der Waals surface area contributed by atoms with Crippen LogP contribution in [-0.2, 0) is 14.9 Å². The van der Waals surface area contributed by atoms with E-state index in [1.165, 1.54) is 23.8 Å². The standard InChI is InChI=1S/C25H38N2O3/c1-19-5-6-20(2)23(17-19)25(10-7-21(3)28)11-15-26(16-12-25)18-22-8-13-27(14-9-22)24(29)30-4/h5-6,17,22H,7-16,18H2,1-4H3. The van der Waals surface area contributed by atoms with Crippen molar-refractivity contribution in [2.45, 2.75) is 64.7 Å². The Hall–Kier alpha value is -1.88. The van der Waals surface area contributed by atoms with Crippen LogP contribution in [0.25, 0.3) is 0 Å². The van der Waals surface area contributed by atoms with Gasteiger partial charge in [-0.1, -0.05) is 23.8 Å². The van der Waals surface area contributed by atoms with Crippen molar-refractivity contribution in [3.63, 3.8) is 0 Å². The van der Waals surface area contributed by atoms with Crippen molar-refractivity contribution >= 4 is 11.9 Å². The lowest BCUT2D eigenvalue weighted by molar-refractivity contribution is -0.117. The molecule has 0 saturated carbocycles. The van der Waals surface area contributed by atoms with E-state index >= 15 is 0 Å². The molecule has 3 rings (SSSR count). The average molecular weight is 415 g/mol. The lowest BCUT2D eigenvalue weighted by Crippen LogP contribution is -2.46. The molecule has 0 atom stereocenters. The fraction of sp³-hybridized carbons (Fsp3) is 0.680. The van der Waals surface area contributed by atoms with E-state index in [1.807, 2.05) is 4.90 Å². The lowest BCUT2D eigenvalue weighted by Gasteiger charge is -2.44. The van der Waals surface area contributed by atoms with E-state index in [0.29, 0.717) is 18.1 Å². The number of likely N-dealkylation sites (tertiary alicyclic amines) is 2. The second-order valence-corrected chi connectivity index (χ2v) is 9.50. The first kappa shape index (κ1) is 22.8. The van der Waals surface area contributed by atoms with Gasteiger partial charge in [0, 0.05) is 26.1 Å². The number of methoxy groups -OCH3 is 1. The molecule has 1 amide bonds. The number of ether oxygens (including phenoxy) is 1. The zero-order valence-electron chi connectivity index (χ0n) is 19.2. The Morgan fingerprint density at radius 3 is 2.37 bits per heavy atom. The summed E-state index contributed by atoms with van der Waals surface area (Å²) < 4.78 is 4.85. The zero-order valence-corrected chi connectivity index (χ0v) is 19.2. The molecule has 2 saturated heterocycles. The first-order valence-corrected chi connectivity index (χ1v) is 11.5. The summed E-state index contributed by atoms with van der Waals surface area (Å²) in [5.74, 6) is 0.941. The SMILES string of the molecule is COC(=O)N1CCC(CN2CCC(CCC(C)=O)(c3cc(C)ccc3C)CC2)CC1. The summed E-state index contributed by atoms with van der Waals surface area (Å²) in [6.45, 7) is 11.0. The molecule has 0 unspecified atom stereocenters. The molecule has 0 radical (unpaired) electrons. The minimum absolute atomic E-state index is 0.118. The molecule has 1 aromatic rings. The number of aryl methyl sites for hydroxylation is 2. The highest BCUT2D eigenvalue weighted by Crippen LogP contribution is 2.42. The first-order valence-electron chi connectivity index (χ1n) is 11.5. The topological polar surface area (TPSA) is 49.9 Å².